The highest BCUT2D eigenvalue weighted by Gasteiger charge is 2.13. The summed E-state index contributed by atoms with van der Waals surface area (Å²) in [5, 5.41) is 16.0. The normalized spacial score (nSPS) is 18.2. The van der Waals surface area contributed by atoms with Gasteiger partial charge in [0.25, 0.3) is 0 Å². The molecule has 2 rings (SSSR count). The van der Waals surface area contributed by atoms with Crippen LogP contribution in [-0.4, -0.2) is 36.7 Å². The van der Waals surface area contributed by atoms with Crippen LogP contribution in [-0.2, 0) is 6.42 Å². The maximum Gasteiger partial charge on any atom is 0.0847 e. The van der Waals surface area contributed by atoms with Crippen molar-refractivity contribution in [3.05, 3.63) is 29.8 Å². The highest BCUT2D eigenvalue weighted by Crippen LogP contribution is 2.19. The van der Waals surface area contributed by atoms with E-state index in [0.29, 0.717) is 6.54 Å². The van der Waals surface area contributed by atoms with Gasteiger partial charge in [-0.05, 0) is 56.0 Å². The van der Waals surface area contributed by atoms with Crippen molar-refractivity contribution in [1.82, 2.24) is 5.32 Å². The largest absolute Gasteiger partial charge is 0.390 e. The third kappa shape index (κ3) is 5.01. The van der Waals surface area contributed by atoms with Gasteiger partial charge in [-0.25, -0.2) is 0 Å². The molecule has 0 spiro atoms. The van der Waals surface area contributed by atoms with Gasteiger partial charge in [0.1, 0.15) is 0 Å². The molecule has 3 nitrogen and oxygen atoms in total. The predicted molar refractivity (Wildman–Crippen MR) is 81.0 cm³/mol. The van der Waals surface area contributed by atoms with E-state index in [1.165, 1.54) is 24.8 Å². The van der Waals surface area contributed by atoms with Crippen LogP contribution in [0.5, 0.6) is 0 Å². The van der Waals surface area contributed by atoms with E-state index in [4.69, 9.17) is 11.6 Å². The van der Waals surface area contributed by atoms with Crippen molar-refractivity contribution in [1.29, 1.82) is 0 Å². The van der Waals surface area contributed by atoms with E-state index in [0.717, 1.165) is 24.7 Å². The number of alkyl halides is 1. The van der Waals surface area contributed by atoms with Gasteiger partial charge in [0.05, 0.1) is 12.0 Å². The molecule has 19 heavy (non-hydrogen) atoms. The van der Waals surface area contributed by atoms with Gasteiger partial charge in [0, 0.05) is 12.2 Å². The molecular formula is C15H23ClN2O. The molecule has 1 saturated heterocycles. The van der Waals surface area contributed by atoms with Gasteiger partial charge in [-0.15, -0.1) is 11.6 Å². The molecule has 1 atom stereocenters. The molecule has 1 fully saturated rings. The Balaban J connectivity index is 1.80. The minimum Gasteiger partial charge on any atom is -0.390 e. The second kappa shape index (κ2) is 7.73. The molecular weight excluding hydrogens is 260 g/mol. The first kappa shape index (κ1) is 14.6. The number of anilines is 1. The average molecular weight is 283 g/mol. The Morgan fingerprint density at radius 1 is 1.26 bits per heavy atom. The predicted octanol–water partition coefficient (Wildman–Crippen LogP) is 2.24. The summed E-state index contributed by atoms with van der Waals surface area (Å²) in [5.41, 5.74) is 2.44. The average Bonchev–Trinajstić information content (AvgIpc) is 2.47. The van der Waals surface area contributed by atoms with Crippen molar-refractivity contribution >= 4 is 17.3 Å². The van der Waals surface area contributed by atoms with Crippen molar-refractivity contribution < 1.29 is 5.11 Å². The molecule has 0 radical (unpaired) electrons. The SMILES string of the molecule is OC(CCl)CNc1ccc(CC2CCNCC2)cc1. The third-order valence-electron chi connectivity index (χ3n) is 3.66. The molecule has 0 aromatic heterocycles. The Kier molecular flexibility index (Phi) is 5.95. The van der Waals surface area contributed by atoms with Gasteiger partial charge >= 0.3 is 0 Å². The summed E-state index contributed by atoms with van der Waals surface area (Å²) >= 11 is 5.56. The van der Waals surface area contributed by atoms with Gasteiger partial charge in [0.15, 0.2) is 0 Å². The number of aliphatic hydroxyl groups excluding tert-OH is 1. The standard InChI is InChI=1S/C15H23ClN2O/c16-10-15(19)11-18-14-3-1-12(2-4-14)9-13-5-7-17-8-6-13/h1-4,13,15,17-19H,5-11H2. The molecule has 1 aliphatic rings. The zero-order valence-corrected chi connectivity index (χ0v) is 12.0. The number of piperidine rings is 1. The van der Waals surface area contributed by atoms with Crippen molar-refractivity contribution in [2.75, 3.05) is 30.8 Å². The second-order valence-electron chi connectivity index (χ2n) is 5.28. The molecule has 106 valence electrons. The first-order valence-electron chi connectivity index (χ1n) is 7.05. The van der Waals surface area contributed by atoms with E-state index in [-0.39, 0.29) is 5.88 Å². The monoisotopic (exact) mass is 282 g/mol. The summed E-state index contributed by atoms with van der Waals surface area (Å²) in [6.45, 7) is 2.80. The van der Waals surface area contributed by atoms with E-state index in [1.54, 1.807) is 0 Å². The lowest BCUT2D eigenvalue weighted by atomic mass is 9.91. The topological polar surface area (TPSA) is 44.3 Å². The highest BCUT2D eigenvalue weighted by molar-refractivity contribution is 6.18. The smallest absolute Gasteiger partial charge is 0.0847 e. The van der Waals surface area contributed by atoms with Gasteiger partial charge in [-0.2, -0.15) is 0 Å². The minimum absolute atomic E-state index is 0.265. The van der Waals surface area contributed by atoms with Crippen LogP contribution >= 0.6 is 11.6 Å². The van der Waals surface area contributed by atoms with Gasteiger partial charge < -0.3 is 15.7 Å². The van der Waals surface area contributed by atoms with Crippen LogP contribution in [0.3, 0.4) is 0 Å². The number of hydrogen-bond donors (Lipinski definition) is 3. The molecule has 1 aromatic rings. The molecule has 1 aromatic carbocycles. The second-order valence-corrected chi connectivity index (χ2v) is 5.59. The van der Waals surface area contributed by atoms with Crippen molar-refractivity contribution in [2.45, 2.75) is 25.4 Å². The summed E-state index contributed by atoms with van der Waals surface area (Å²) in [5.74, 6) is 1.08. The number of hydrogen-bond acceptors (Lipinski definition) is 3. The zero-order valence-electron chi connectivity index (χ0n) is 11.2. The van der Waals surface area contributed by atoms with Crippen LogP contribution in [0.4, 0.5) is 5.69 Å². The Hall–Kier alpha value is -0.770. The van der Waals surface area contributed by atoms with E-state index in [1.807, 2.05) is 0 Å². The zero-order chi connectivity index (χ0) is 13.5. The molecule has 1 unspecified atom stereocenters. The van der Waals surface area contributed by atoms with E-state index in [9.17, 15) is 5.11 Å². The quantitative estimate of drug-likeness (QED) is 0.701. The molecule has 1 aliphatic heterocycles. The summed E-state index contributed by atoms with van der Waals surface area (Å²) in [7, 11) is 0. The molecule has 0 saturated carbocycles. The third-order valence-corrected chi connectivity index (χ3v) is 4.01. The van der Waals surface area contributed by atoms with E-state index in [2.05, 4.69) is 34.9 Å². The number of rotatable bonds is 6. The molecule has 4 heteroatoms. The van der Waals surface area contributed by atoms with Crippen molar-refractivity contribution in [3.63, 3.8) is 0 Å². The summed E-state index contributed by atoms with van der Waals surface area (Å²) < 4.78 is 0. The molecule has 0 bridgehead atoms. The van der Waals surface area contributed by atoms with Crippen LogP contribution in [0.15, 0.2) is 24.3 Å². The van der Waals surface area contributed by atoms with Crippen molar-refractivity contribution in [3.8, 4) is 0 Å². The number of halogens is 1. The van der Waals surface area contributed by atoms with Crippen LogP contribution in [0.25, 0.3) is 0 Å². The van der Waals surface area contributed by atoms with Gasteiger partial charge in [0.2, 0.25) is 0 Å². The number of nitrogens with one attached hydrogen (secondary N) is 2. The summed E-state index contributed by atoms with van der Waals surface area (Å²) in [6.07, 6.45) is 3.24. The van der Waals surface area contributed by atoms with Crippen LogP contribution in [0, 0.1) is 5.92 Å². The lowest BCUT2D eigenvalue weighted by Gasteiger charge is -2.22. The number of benzene rings is 1. The molecule has 0 aliphatic carbocycles. The van der Waals surface area contributed by atoms with Crippen LogP contribution in [0.2, 0.25) is 0 Å². The van der Waals surface area contributed by atoms with Gasteiger partial charge in [-0.1, -0.05) is 12.1 Å². The van der Waals surface area contributed by atoms with E-state index >= 15 is 0 Å². The Bertz CT molecular complexity index is 363. The Labute approximate surface area is 120 Å². The summed E-state index contributed by atoms with van der Waals surface area (Å²) in [6, 6.07) is 8.52. The van der Waals surface area contributed by atoms with Crippen LogP contribution < -0.4 is 10.6 Å². The maximum absolute atomic E-state index is 9.39. The first-order valence-corrected chi connectivity index (χ1v) is 7.59. The maximum atomic E-state index is 9.39. The van der Waals surface area contributed by atoms with E-state index < -0.39 is 6.10 Å². The fraction of sp³-hybridized carbons (Fsp3) is 0.600. The lowest BCUT2D eigenvalue weighted by Crippen LogP contribution is -2.28. The molecule has 1 heterocycles. The Morgan fingerprint density at radius 2 is 1.95 bits per heavy atom. The lowest BCUT2D eigenvalue weighted by molar-refractivity contribution is 0.211. The highest BCUT2D eigenvalue weighted by atomic mass is 35.5. The number of aliphatic hydroxyl groups is 1. The first-order chi connectivity index (χ1) is 9.28. The van der Waals surface area contributed by atoms with Crippen molar-refractivity contribution in [2.24, 2.45) is 5.92 Å². The molecule has 3 N–H and O–H groups in total. The van der Waals surface area contributed by atoms with Crippen LogP contribution in [0.1, 0.15) is 18.4 Å². The summed E-state index contributed by atoms with van der Waals surface area (Å²) in [4.78, 5) is 0. The van der Waals surface area contributed by atoms with Gasteiger partial charge in [-0.3, -0.25) is 0 Å². The molecule has 0 amide bonds. The Morgan fingerprint density at radius 3 is 2.58 bits per heavy atom. The minimum atomic E-state index is -0.490. The fourth-order valence-electron chi connectivity index (χ4n) is 2.47. The fourth-order valence-corrected chi connectivity index (χ4v) is 2.58.